The first-order valence-electron chi connectivity index (χ1n) is 7.96. The SMILES string of the molecule is CCc1cc(Cl)c(OCc2c(C)cccc2N(O)C(=O)OC)cc1C. The number of ether oxygens (including phenoxy) is 2. The Morgan fingerprint density at radius 3 is 2.60 bits per heavy atom. The van der Waals surface area contributed by atoms with Gasteiger partial charge >= 0.3 is 6.09 Å². The number of rotatable bonds is 5. The zero-order valence-corrected chi connectivity index (χ0v) is 15.6. The molecule has 0 bridgehead atoms. The second-order valence-electron chi connectivity index (χ2n) is 5.71. The molecule has 0 heterocycles. The summed E-state index contributed by atoms with van der Waals surface area (Å²) in [7, 11) is 1.20. The molecule has 6 heteroatoms. The molecule has 2 aromatic rings. The minimum atomic E-state index is -0.868. The van der Waals surface area contributed by atoms with Crippen LogP contribution in [0.25, 0.3) is 0 Å². The maximum atomic E-state index is 11.6. The van der Waals surface area contributed by atoms with Crippen molar-refractivity contribution in [2.24, 2.45) is 0 Å². The minimum Gasteiger partial charge on any atom is -0.487 e. The number of methoxy groups -OCH3 is 1. The van der Waals surface area contributed by atoms with Gasteiger partial charge in [-0.25, -0.2) is 4.79 Å². The molecule has 0 radical (unpaired) electrons. The largest absolute Gasteiger partial charge is 0.487 e. The van der Waals surface area contributed by atoms with Gasteiger partial charge in [-0.1, -0.05) is 30.7 Å². The highest BCUT2D eigenvalue weighted by Crippen LogP contribution is 2.31. The summed E-state index contributed by atoms with van der Waals surface area (Å²) in [5.74, 6) is 0.563. The summed E-state index contributed by atoms with van der Waals surface area (Å²) in [5, 5.41) is 11.0. The number of benzene rings is 2. The van der Waals surface area contributed by atoms with Crippen LogP contribution in [0.2, 0.25) is 5.02 Å². The molecule has 25 heavy (non-hydrogen) atoms. The normalized spacial score (nSPS) is 10.5. The lowest BCUT2D eigenvalue weighted by atomic mass is 10.1. The maximum absolute atomic E-state index is 11.6. The van der Waals surface area contributed by atoms with Crippen molar-refractivity contribution in [3.05, 3.63) is 57.6 Å². The fraction of sp³-hybridized carbons (Fsp3) is 0.316. The predicted octanol–water partition coefficient (Wildman–Crippen LogP) is 5.06. The Hall–Kier alpha value is -2.24. The molecular weight excluding hydrogens is 342 g/mol. The van der Waals surface area contributed by atoms with Crippen LogP contribution in [0, 0.1) is 13.8 Å². The summed E-state index contributed by atoms with van der Waals surface area (Å²) in [6, 6.07) is 9.04. The smallest absolute Gasteiger partial charge is 0.438 e. The van der Waals surface area contributed by atoms with Crippen LogP contribution in [-0.4, -0.2) is 18.4 Å². The molecule has 0 aliphatic heterocycles. The highest BCUT2D eigenvalue weighted by molar-refractivity contribution is 6.32. The molecule has 0 aliphatic rings. The summed E-state index contributed by atoms with van der Waals surface area (Å²) in [6.45, 7) is 6.11. The minimum absolute atomic E-state index is 0.153. The van der Waals surface area contributed by atoms with E-state index >= 15 is 0 Å². The molecule has 0 unspecified atom stereocenters. The number of nitrogens with zero attached hydrogens (tertiary/aromatic N) is 1. The summed E-state index contributed by atoms with van der Waals surface area (Å²) in [5.41, 5.74) is 4.12. The Kier molecular flexibility index (Phi) is 6.28. The van der Waals surface area contributed by atoms with Crippen LogP contribution >= 0.6 is 11.6 Å². The number of halogens is 1. The molecule has 0 spiro atoms. The van der Waals surface area contributed by atoms with Crippen molar-refractivity contribution in [3.8, 4) is 5.75 Å². The van der Waals surface area contributed by atoms with E-state index in [0.29, 0.717) is 27.1 Å². The van der Waals surface area contributed by atoms with E-state index in [0.717, 1.165) is 17.5 Å². The first-order valence-corrected chi connectivity index (χ1v) is 8.34. The van der Waals surface area contributed by atoms with Crippen molar-refractivity contribution < 1.29 is 19.5 Å². The molecule has 2 rings (SSSR count). The van der Waals surface area contributed by atoms with Gasteiger partial charge in [0, 0.05) is 5.56 Å². The van der Waals surface area contributed by atoms with Gasteiger partial charge in [0.25, 0.3) is 0 Å². The van der Waals surface area contributed by atoms with Gasteiger partial charge in [-0.2, -0.15) is 5.06 Å². The number of hydrogen-bond acceptors (Lipinski definition) is 4. The van der Waals surface area contributed by atoms with Gasteiger partial charge in [0.1, 0.15) is 12.4 Å². The number of carbonyl (C=O) groups excluding carboxylic acids is 1. The number of hydrogen-bond donors (Lipinski definition) is 1. The average molecular weight is 364 g/mol. The van der Waals surface area contributed by atoms with Gasteiger partial charge in [-0.05, 0) is 55.2 Å². The van der Waals surface area contributed by atoms with Crippen LogP contribution < -0.4 is 9.80 Å². The van der Waals surface area contributed by atoms with E-state index in [2.05, 4.69) is 11.7 Å². The van der Waals surface area contributed by atoms with Crippen LogP contribution in [0.1, 0.15) is 29.2 Å². The lowest BCUT2D eigenvalue weighted by molar-refractivity contribution is 0.140. The van der Waals surface area contributed by atoms with Crippen LogP contribution in [0.4, 0.5) is 10.5 Å². The van der Waals surface area contributed by atoms with Gasteiger partial charge < -0.3 is 9.47 Å². The van der Waals surface area contributed by atoms with Gasteiger partial charge in [0.15, 0.2) is 0 Å². The number of anilines is 1. The Bertz CT molecular complexity index is 776. The van der Waals surface area contributed by atoms with Crippen molar-refractivity contribution in [2.45, 2.75) is 33.8 Å². The van der Waals surface area contributed by atoms with Gasteiger partial charge in [-0.3, -0.25) is 5.21 Å². The standard InChI is InChI=1S/C19H22ClNO4/c1-5-14-10-16(20)18(9-13(14)3)25-11-15-12(2)7-6-8-17(15)21(23)19(22)24-4/h6-10,23H,5,11H2,1-4H3. The van der Waals surface area contributed by atoms with Crippen molar-refractivity contribution >= 4 is 23.4 Å². The van der Waals surface area contributed by atoms with E-state index in [4.69, 9.17) is 16.3 Å². The van der Waals surface area contributed by atoms with E-state index in [1.165, 1.54) is 12.7 Å². The highest BCUT2D eigenvalue weighted by atomic mass is 35.5. The summed E-state index contributed by atoms with van der Waals surface area (Å²) < 4.78 is 10.4. The van der Waals surface area contributed by atoms with Crippen molar-refractivity contribution in [1.82, 2.24) is 0 Å². The maximum Gasteiger partial charge on any atom is 0.438 e. The third-order valence-corrected chi connectivity index (χ3v) is 4.40. The first kappa shape index (κ1) is 19.1. The molecule has 0 saturated heterocycles. The second kappa shape index (κ2) is 8.23. The predicted molar refractivity (Wildman–Crippen MR) is 97.7 cm³/mol. The van der Waals surface area contributed by atoms with Crippen LogP contribution in [0.3, 0.4) is 0 Å². The third-order valence-electron chi connectivity index (χ3n) is 4.10. The van der Waals surface area contributed by atoms with Crippen molar-refractivity contribution in [1.29, 1.82) is 0 Å². The van der Waals surface area contributed by atoms with Crippen molar-refractivity contribution in [3.63, 3.8) is 0 Å². The molecule has 0 aromatic heterocycles. The van der Waals surface area contributed by atoms with Crippen molar-refractivity contribution in [2.75, 3.05) is 12.2 Å². The zero-order valence-electron chi connectivity index (χ0n) is 14.8. The number of aryl methyl sites for hydroxylation is 3. The lowest BCUT2D eigenvalue weighted by Gasteiger charge is -2.19. The first-order chi connectivity index (χ1) is 11.9. The van der Waals surface area contributed by atoms with Gasteiger partial charge in [0.05, 0.1) is 17.8 Å². The van der Waals surface area contributed by atoms with E-state index in [1.807, 2.05) is 32.0 Å². The second-order valence-corrected chi connectivity index (χ2v) is 6.11. The average Bonchev–Trinajstić information content (AvgIpc) is 2.61. The Morgan fingerprint density at radius 1 is 1.24 bits per heavy atom. The molecular formula is C19H22ClNO4. The van der Waals surface area contributed by atoms with E-state index in [9.17, 15) is 10.0 Å². The monoisotopic (exact) mass is 363 g/mol. The quantitative estimate of drug-likeness (QED) is 0.595. The summed E-state index contributed by atoms with van der Waals surface area (Å²) in [4.78, 5) is 11.6. The lowest BCUT2D eigenvalue weighted by Crippen LogP contribution is -2.28. The summed E-state index contributed by atoms with van der Waals surface area (Å²) in [6.07, 6.45) is 0.0276. The highest BCUT2D eigenvalue weighted by Gasteiger charge is 2.19. The van der Waals surface area contributed by atoms with E-state index < -0.39 is 6.09 Å². The number of hydroxylamine groups is 1. The molecule has 134 valence electrons. The molecule has 1 N–H and O–H groups in total. The zero-order chi connectivity index (χ0) is 18.6. The molecule has 0 saturated carbocycles. The molecule has 0 fully saturated rings. The summed E-state index contributed by atoms with van der Waals surface area (Å²) >= 11 is 6.30. The molecule has 0 atom stereocenters. The molecule has 5 nitrogen and oxygen atoms in total. The number of carbonyl (C=O) groups is 1. The van der Waals surface area contributed by atoms with Crippen LogP contribution in [-0.2, 0) is 17.8 Å². The van der Waals surface area contributed by atoms with E-state index in [1.54, 1.807) is 12.1 Å². The molecule has 1 amide bonds. The topological polar surface area (TPSA) is 59.0 Å². The van der Waals surface area contributed by atoms with Crippen LogP contribution in [0.15, 0.2) is 30.3 Å². The van der Waals surface area contributed by atoms with Crippen LogP contribution in [0.5, 0.6) is 5.75 Å². The Morgan fingerprint density at radius 2 is 1.96 bits per heavy atom. The Balaban J connectivity index is 2.30. The Labute approximate surface area is 152 Å². The molecule has 0 aliphatic carbocycles. The number of amides is 1. The van der Waals surface area contributed by atoms with Gasteiger partial charge in [0.2, 0.25) is 0 Å². The third kappa shape index (κ3) is 4.24. The van der Waals surface area contributed by atoms with E-state index in [-0.39, 0.29) is 6.61 Å². The van der Waals surface area contributed by atoms with Gasteiger partial charge in [-0.15, -0.1) is 0 Å². The fourth-order valence-electron chi connectivity index (χ4n) is 2.60. The molecule has 2 aromatic carbocycles. The fourth-order valence-corrected chi connectivity index (χ4v) is 2.84.